The largest absolute Gasteiger partial charge is 0.468 e. The Morgan fingerprint density at radius 2 is 1.96 bits per heavy atom. The third-order valence-corrected chi connectivity index (χ3v) is 9.79. The minimum Gasteiger partial charge on any atom is -0.468 e. The molecule has 5 aliphatic rings. The van der Waals surface area contributed by atoms with Gasteiger partial charge in [-0.15, -0.1) is 0 Å². The van der Waals surface area contributed by atoms with Crippen molar-refractivity contribution < 1.29 is 4.74 Å². The molecule has 2 aliphatic carbocycles. The van der Waals surface area contributed by atoms with E-state index < -0.39 is 0 Å². The van der Waals surface area contributed by atoms with Crippen molar-refractivity contribution in [2.24, 2.45) is 11.7 Å². The number of benzene rings is 2. The second-order valence-electron chi connectivity index (χ2n) is 12.6. The van der Waals surface area contributed by atoms with Gasteiger partial charge in [-0.2, -0.15) is 0 Å². The monoisotopic (exact) mass is 608 g/mol. The summed E-state index contributed by atoms with van der Waals surface area (Å²) in [6.45, 7) is 3.61. The highest BCUT2D eigenvalue weighted by atomic mass is 16.5. The molecule has 3 aliphatic heterocycles. The summed E-state index contributed by atoms with van der Waals surface area (Å²) in [4.78, 5) is 12.7. The van der Waals surface area contributed by atoms with Gasteiger partial charge >= 0.3 is 0 Å². The van der Waals surface area contributed by atoms with Crippen LogP contribution in [-0.4, -0.2) is 35.3 Å². The Hall–Kier alpha value is -4.88. The normalized spacial score (nSPS) is 24.0. The number of nitrogens with two attached hydrogens (primary N) is 1. The van der Waals surface area contributed by atoms with Crippen LogP contribution in [0.4, 0.5) is 17.1 Å². The van der Waals surface area contributed by atoms with E-state index in [-0.39, 0.29) is 24.1 Å². The number of dihydropyridines is 1. The first-order valence-electron chi connectivity index (χ1n) is 16.6. The Labute approximate surface area is 271 Å². The van der Waals surface area contributed by atoms with E-state index in [2.05, 4.69) is 126 Å². The van der Waals surface area contributed by atoms with Crippen LogP contribution in [-0.2, 0) is 0 Å². The molecule has 232 valence electrons. The zero-order valence-corrected chi connectivity index (χ0v) is 26.1. The number of nitrogens with zero attached hydrogens (tertiary/aromatic N) is 3. The molecule has 7 nitrogen and oxygen atoms in total. The number of rotatable bonds is 8. The second kappa shape index (κ2) is 12.1. The lowest BCUT2D eigenvalue weighted by Gasteiger charge is -2.29. The van der Waals surface area contributed by atoms with Gasteiger partial charge in [-0.25, -0.2) is 9.97 Å². The third kappa shape index (κ3) is 5.05. The van der Waals surface area contributed by atoms with Gasteiger partial charge in [0.05, 0.1) is 17.4 Å². The molecule has 0 saturated carbocycles. The Balaban J connectivity index is 1.19. The van der Waals surface area contributed by atoms with E-state index in [1.54, 1.807) is 0 Å². The van der Waals surface area contributed by atoms with Crippen LogP contribution in [0.1, 0.15) is 55.1 Å². The van der Waals surface area contributed by atoms with Crippen molar-refractivity contribution in [1.82, 2.24) is 15.3 Å². The molecule has 5 atom stereocenters. The van der Waals surface area contributed by atoms with Crippen LogP contribution in [0.3, 0.4) is 0 Å². The Morgan fingerprint density at radius 1 is 1.04 bits per heavy atom. The summed E-state index contributed by atoms with van der Waals surface area (Å²) in [6, 6.07) is 15.6. The molecule has 0 bridgehead atoms. The number of fused-ring (bicyclic) bond motifs is 5. The van der Waals surface area contributed by atoms with Crippen molar-refractivity contribution in [2.45, 2.75) is 50.3 Å². The summed E-state index contributed by atoms with van der Waals surface area (Å²) in [7, 11) is 0. The smallest absolute Gasteiger partial charge is 0.176 e. The molecule has 5 unspecified atom stereocenters. The average molecular weight is 609 g/mol. The highest BCUT2D eigenvalue weighted by molar-refractivity contribution is 5.84. The molecule has 7 heteroatoms. The second-order valence-corrected chi connectivity index (χ2v) is 12.6. The van der Waals surface area contributed by atoms with Crippen LogP contribution in [0.15, 0.2) is 109 Å². The molecule has 0 fully saturated rings. The van der Waals surface area contributed by atoms with Gasteiger partial charge in [0.25, 0.3) is 0 Å². The van der Waals surface area contributed by atoms with E-state index >= 15 is 0 Å². The van der Waals surface area contributed by atoms with Crippen LogP contribution in [0, 0.1) is 5.92 Å². The number of aromatic nitrogens is 2. The minimum atomic E-state index is -0.0704. The predicted octanol–water partition coefficient (Wildman–Crippen LogP) is 7.48. The number of hydrogen-bond acceptors (Lipinski definition) is 7. The lowest BCUT2D eigenvalue weighted by molar-refractivity contribution is 0.202. The van der Waals surface area contributed by atoms with Crippen molar-refractivity contribution in [3.05, 3.63) is 127 Å². The molecule has 2 aromatic carbocycles. The fourth-order valence-electron chi connectivity index (χ4n) is 7.42. The SMILES string of the molecule is CCC(CCN)c1cc(-c2cccc(N3c4ccc5c(c4C4C=CC=CC43)OC(C3C=CC=CC3)N5)c2)nc(C2=CCNC=C2)n1. The summed E-state index contributed by atoms with van der Waals surface area (Å²) >= 11 is 0. The van der Waals surface area contributed by atoms with Crippen LogP contribution in [0.5, 0.6) is 5.75 Å². The van der Waals surface area contributed by atoms with E-state index in [9.17, 15) is 0 Å². The summed E-state index contributed by atoms with van der Waals surface area (Å²) in [5.41, 5.74) is 14.8. The first kappa shape index (κ1) is 28.6. The molecule has 3 aromatic rings. The number of nitrogens with one attached hydrogen (secondary N) is 2. The predicted molar refractivity (Wildman–Crippen MR) is 187 cm³/mol. The molecular weight excluding hydrogens is 568 g/mol. The molecule has 4 heterocycles. The number of anilines is 3. The standard InChI is InChI=1S/C39H40N6O/c1-2-25(17-20-40)32-24-33(43-38(42-32)26-18-21-41-22-19-26)28-11-8-12-29(23-28)45-34-14-7-6-13-30(34)36-35(45)16-15-31-37(36)46-39(44-31)27-9-4-3-5-10-27/h3-9,11-16,18-19,21,23-25,27,30,34,39,41,44H,2,10,17,20,22,40H2,1H3. The van der Waals surface area contributed by atoms with E-state index in [0.717, 1.165) is 71.3 Å². The first-order valence-corrected chi connectivity index (χ1v) is 16.6. The van der Waals surface area contributed by atoms with Gasteiger partial charge in [0.2, 0.25) is 0 Å². The molecule has 8 rings (SSSR count). The van der Waals surface area contributed by atoms with Crippen molar-refractivity contribution in [3.63, 3.8) is 0 Å². The number of ether oxygens (including phenoxy) is 1. The quantitative estimate of drug-likeness (QED) is 0.244. The molecule has 0 radical (unpaired) electrons. The molecule has 0 amide bonds. The number of allylic oxidation sites excluding steroid dienone is 7. The highest BCUT2D eigenvalue weighted by Gasteiger charge is 2.43. The minimum absolute atomic E-state index is 0.0704. The maximum atomic E-state index is 6.73. The van der Waals surface area contributed by atoms with E-state index in [0.29, 0.717) is 12.5 Å². The summed E-state index contributed by atoms with van der Waals surface area (Å²) < 4.78 is 6.73. The Bertz CT molecular complexity index is 1830. The van der Waals surface area contributed by atoms with Gasteiger partial charge in [-0.1, -0.05) is 73.7 Å². The fourth-order valence-corrected chi connectivity index (χ4v) is 7.42. The van der Waals surface area contributed by atoms with Crippen molar-refractivity contribution in [2.75, 3.05) is 23.3 Å². The summed E-state index contributed by atoms with van der Waals surface area (Å²) in [5.74, 6) is 2.52. The topological polar surface area (TPSA) is 88.3 Å². The van der Waals surface area contributed by atoms with Crippen LogP contribution in [0.2, 0.25) is 0 Å². The third-order valence-electron chi connectivity index (χ3n) is 9.79. The van der Waals surface area contributed by atoms with Gasteiger partial charge in [0.15, 0.2) is 17.8 Å². The van der Waals surface area contributed by atoms with Crippen molar-refractivity contribution in [3.8, 4) is 17.0 Å². The molecule has 0 spiro atoms. The van der Waals surface area contributed by atoms with E-state index in [4.69, 9.17) is 20.4 Å². The van der Waals surface area contributed by atoms with Crippen molar-refractivity contribution >= 4 is 22.6 Å². The Morgan fingerprint density at radius 3 is 2.78 bits per heavy atom. The van der Waals surface area contributed by atoms with Gasteiger partial charge in [0, 0.05) is 58.1 Å². The molecule has 1 aromatic heterocycles. The van der Waals surface area contributed by atoms with Gasteiger partial charge in [-0.3, -0.25) is 0 Å². The molecule has 4 N–H and O–H groups in total. The maximum absolute atomic E-state index is 6.73. The lowest BCUT2D eigenvalue weighted by atomic mass is 9.90. The van der Waals surface area contributed by atoms with E-state index in [1.807, 2.05) is 6.20 Å². The first-order chi connectivity index (χ1) is 22.7. The van der Waals surface area contributed by atoms with Gasteiger partial charge < -0.3 is 26.0 Å². The molecule has 0 saturated heterocycles. The van der Waals surface area contributed by atoms with Gasteiger partial charge in [0.1, 0.15) is 0 Å². The highest BCUT2D eigenvalue weighted by Crippen LogP contribution is 2.55. The zero-order chi connectivity index (χ0) is 31.0. The van der Waals surface area contributed by atoms with Gasteiger partial charge in [-0.05, 0) is 68.4 Å². The fraction of sp³-hybridized carbons (Fsp3) is 0.282. The molecular formula is C39H40N6O. The van der Waals surface area contributed by atoms with Crippen molar-refractivity contribution in [1.29, 1.82) is 0 Å². The molecule has 46 heavy (non-hydrogen) atoms. The number of hydrogen-bond donors (Lipinski definition) is 3. The van der Waals surface area contributed by atoms with Crippen LogP contribution >= 0.6 is 0 Å². The maximum Gasteiger partial charge on any atom is 0.176 e. The van der Waals surface area contributed by atoms with Crippen LogP contribution < -0.4 is 26.0 Å². The summed E-state index contributed by atoms with van der Waals surface area (Å²) in [6.07, 6.45) is 26.6. The zero-order valence-electron chi connectivity index (χ0n) is 26.1. The van der Waals surface area contributed by atoms with Crippen LogP contribution in [0.25, 0.3) is 16.8 Å². The van der Waals surface area contributed by atoms with E-state index in [1.165, 1.54) is 11.3 Å². The summed E-state index contributed by atoms with van der Waals surface area (Å²) in [5, 5.41) is 6.91. The Kier molecular flexibility index (Phi) is 7.54. The lowest BCUT2D eigenvalue weighted by Crippen LogP contribution is -2.29. The average Bonchev–Trinajstić information content (AvgIpc) is 3.71.